The Morgan fingerprint density at radius 1 is 0.912 bits per heavy atom. The van der Waals surface area contributed by atoms with Gasteiger partial charge in [0.1, 0.15) is 0 Å². The van der Waals surface area contributed by atoms with E-state index in [0.29, 0.717) is 5.69 Å². The molecule has 34 heavy (non-hydrogen) atoms. The molecule has 0 unspecified atom stereocenters. The molecule has 2 heterocycles. The molecule has 0 aliphatic carbocycles. The van der Waals surface area contributed by atoms with Gasteiger partial charge in [0.25, 0.3) is 0 Å². The smallest absolute Gasteiger partial charge is 0.422 e. The molecule has 3 aromatic carbocycles. The predicted molar refractivity (Wildman–Crippen MR) is 128 cm³/mol. The summed E-state index contributed by atoms with van der Waals surface area (Å²) >= 11 is 0. The van der Waals surface area contributed by atoms with Crippen LogP contribution in [0.25, 0.3) is 22.0 Å². The van der Waals surface area contributed by atoms with Crippen molar-refractivity contribution in [2.75, 3.05) is 18.5 Å². The Hall–Kier alpha value is -4.30. The van der Waals surface area contributed by atoms with Crippen molar-refractivity contribution < 1.29 is 19.8 Å². The van der Waals surface area contributed by atoms with Crippen molar-refractivity contribution in [1.82, 2.24) is 15.1 Å². The van der Waals surface area contributed by atoms with Gasteiger partial charge in [-0.1, -0.05) is 54.6 Å². The lowest BCUT2D eigenvalue weighted by Crippen LogP contribution is -2.35. The fourth-order valence-electron chi connectivity index (χ4n) is 4.59. The third-order valence-electron chi connectivity index (χ3n) is 6.19. The molecule has 170 valence electrons. The van der Waals surface area contributed by atoms with Gasteiger partial charge in [-0.05, 0) is 52.7 Å². The Morgan fingerprint density at radius 3 is 2.38 bits per heavy atom. The molecule has 5 rings (SSSR count). The van der Waals surface area contributed by atoms with Gasteiger partial charge < -0.3 is 15.1 Å². The fourth-order valence-corrected chi connectivity index (χ4v) is 4.59. The van der Waals surface area contributed by atoms with Crippen LogP contribution in [-0.4, -0.2) is 51.1 Å². The number of nitrogens with zero attached hydrogens (tertiary/aromatic N) is 4. The first-order valence-corrected chi connectivity index (χ1v) is 10.8. The Kier molecular flexibility index (Phi) is 5.43. The second-order valence-corrected chi connectivity index (χ2v) is 8.45. The maximum atomic E-state index is 11.2. The summed E-state index contributed by atoms with van der Waals surface area (Å²) in [6.07, 6.45) is -3.27. The van der Waals surface area contributed by atoms with Crippen molar-refractivity contribution in [1.29, 1.82) is 0 Å². The first kappa shape index (κ1) is 21.5. The van der Waals surface area contributed by atoms with E-state index < -0.39 is 12.2 Å². The molecular formula is C26H22N4O4. The molecule has 0 fully saturated rings. The summed E-state index contributed by atoms with van der Waals surface area (Å²) in [7, 11) is 2.10. The number of carbonyl (C=O) groups is 2. The van der Waals surface area contributed by atoms with E-state index in [0.717, 1.165) is 18.7 Å². The Morgan fingerprint density at radius 2 is 1.68 bits per heavy atom. The minimum Gasteiger partial charge on any atom is -0.464 e. The summed E-state index contributed by atoms with van der Waals surface area (Å²) in [4.78, 5) is 24.8. The van der Waals surface area contributed by atoms with E-state index in [-0.39, 0.29) is 16.6 Å². The highest BCUT2D eigenvalue weighted by atomic mass is 16.4. The highest BCUT2D eigenvalue weighted by Crippen LogP contribution is 2.36. The minimum atomic E-state index is -1.63. The number of likely N-dealkylation sites (N-methyl/N-ethyl adjacent to an activating group) is 1. The van der Waals surface area contributed by atoms with E-state index in [4.69, 9.17) is 10.2 Å². The summed E-state index contributed by atoms with van der Waals surface area (Å²) in [5, 5.41) is 28.5. The molecule has 2 amide bonds. The van der Waals surface area contributed by atoms with E-state index in [1.54, 1.807) is 6.07 Å². The average Bonchev–Trinajstić information content (AvgIpc) is 2.83. The zero-order valence-electron chi connectivity index (χ0n) is 18.4. The van der Waals surface area contributed by atoms with E-state index in [1.165, 1.54) is 33.5 Å². The number of benzene rings is 3. The Balaban J connectivity index is 1.48. The molecule has 8 heteroatoms. The molecule has 0 saturated carbocycles. The van der Waals surface area contributed by atoms with Crippen LogP contribution in [0.3, 0.4) is 0 Å². The van der Waals surface area contributed by atoms with E-state index in [2.05, 4.69) is 70.7 Å². The van der Waals surface area contributed by atoms with Crippen LogP contribution in [0.2, 0.25) is 0 Å². The van der Waals surface area contributed by atoms with Crippen LogP contribution < -0.4 is 4.90 Å². The molecule has 2 N–H and O–H groups in total. The van der Waals surface area contributed by atoms with Gasteiger partial charge >= 0.3 is 12.2 Å². The van der Waals surface area contributed by atoms with Crippen molar-refractivity contribution >= 4 is 28.8 Å². The summed E-state index contributed by atoms with van der Waals surface area (Å²) in [5.41, 5.74) is 5.10. The predicted octanol–water partition coefficient (Wildman–Crippen LogP) is 5.04. The standard InChI is InChI=1S/C26H22N4O4/c1-29-14-20-13-19(23-10-11-24(28-27-23)30(25(31)32)26(33)34)8-9-21(20)22(15-29)18-7-6-16-4-2-3-5-17(16)12-18/h2-13,22H,14-15H2,1H3,(H,31,32)(H,33,34)/t22-/m0/s1. The number of aromatic nitrogens is 2. The first-order chi connectivity index (χ1) is 16.4. The van der Waals surface area contributed by atoms with E-state index in [9.17, 15) is 9.59 Å². The van der Waals surface area contributed by atoms with Crippen LogP contribution in [0.4, 0.5) is 15.4 Å². The second-order valence-electron chi connectivity index (χ2n) is 8.45. The SMILES string of the molecule is CN1Cc2cc(-c3ccc(N(C(=O)O)C(=O)O)nn3)ccc2[C@H](c2ccc3ccccc3c2)C1. The van der Waals surface area contributed by atoms with Gasteiger partial charge in [-0.2, -0.15) is 4.90 Å². The molecule has 0 saturated heterocycles. The van der Waals surface area contributed by atoms with Crippen LogP contribution in [0.1, 0.15) is 22.6 Å². The molecule has 1 aromatic heterocycles. The van der Waals surface area contributed by atoms with Gasteiger partial charge in [0.15, 0.2) is 5.82 Å². The Labute approximate surface area is 195 Å². The maximum Gasteiger partial charge on any atom is 0.422 e. The van der Waals surface area contributed by atoms with Gasteiger partial charge in [-0.15, -0.1) is 10.2 Å². The molecule has 1 aliphatic heterocycles. The lowest BCUT2D eigenvalue weighted by atomic mass is 9.83. The monoisotopic (exact) mass is 454 g/mol. The van der Waals surface area contributed by atoms with E-state index in [1.807, 2.05) is 12.1 Å². The van der Waals surface area contributed by atoms with Crippen LogP contribution >= 0.6 is 0 Å². The summed E-state index contributed by atoms with van der Waals surface area (Å²) < 4.78 is 0. The number of carboxylic acid groups (broad SMARTS) is 2. The Bertz CT molecular complexity index is 1390. The summed E-state index contributed by atoms with van der Waals surface area (Å²) in [6.45, 7) is 1.71. The number of hydrogen-bond donors (Lipinski definition) is 2. The van der Waals surface area contributed by atoms with Crippen LogP contribution in [-0.2, 0) is 6.54 Å². The quantitative estimate of drug-likeness (QED) is 0.447. The number of anilines is 1. The van der Waals surface area contributed by atoms with Crippen LogP contribution in [0.15, 0.2) is 72.8 Å². The normalized spacial score (nSPS) is 15.6. The molecule has 0 spiro atoms. The number of imide groups is 1. The highest BCUT2D eigenvalue weighted by Gasteiger charge is 2.26. The van der Waals surface area contributed by atoms with Gasteiger partial charge in [-0.3, -0.25) is 0 Å². The average molecular weight is 454 g/mol. The third kappa shape index (κ3) is 3.95. The van der Waals surface area contributed by atoms with Gasteiger partial charge in [-0.25, -0.2) is 9.59 Å². The number of fused-ring (bicyclic) bond motifs is 2. The third-order valence-corrected chi connectivity index (χ3v) is 6.19. The molecule has 4 aromatic rings. The topological polar surface area (TPSA) is 107 Å². The van der Waals surface area contributed by atoms with Crippen molar-refractivity contribution in [2.24, 2.45) is 0 Å². The van der Waals surface area contributed by atoms with Gasteiger partial charge in [0, 0.05) is 24.6 Å². The van der Waals surface area contributed by atoms with Crippen molar-refractivity contribution in [3.63, 3.8) is 0 Å². The zero-order valence-corrected chi connectivity index (χ0v) is 18.4. The zero-order chi connectivity index (χ0) is 23.8. The number of hydrogen-bond acceptors (Lipinski definition) is 5. The van der Waals surface area contributed by atoms with Crippen LogP contribution in [0, 0.1) is 0 Å². The number of rotatable bonds is 3. The van der Waals surface area contributed by atoms with Crippen molar-refractivity contribution in [3.8, 4) is 11.3 Å². The summed E-state index contributed by atoms with van der Waals surface area (Å²) in [6, 6.07) is 24.1. The van der Waals surface area contributed by atoms with Gasteiger partial charge in [0.2, 0.25) is 0 Å². The largest absolute Gasteiger partial charge is 0.464 e. The lowest BCUT2D eigenvalue weighted by molar-refractivity contribution is 0.184. The maximum absolute atomic E-state index is 11.2. The van der Waals surface area contributed by atoms with Crippen LogP contribution in [0.5, 0.6) is 0 Å². The fraction of sp³-hybridized carbons (Fsp3) is 0.154. The highest BCUT2D eigenvalue weighted by molar-refractivity contribution is 6.06. The molecule has 0 bridgehead atoms. The number of amides is 2. The molecule has 0 radical (unpaired) electrons. The van der Waals surface area contributed by atoms with Gasteiger partial charge in [0.05, 0.1) is 5.69 Å². The first-order valence-electron chi connectivity index (χ1n) is 10.8. The molecular weight excluding hydrogens is 432 g/mol. The molecule has 1 atom stereocenters. The lowest BCUT2D eigenvalue weighted by Gasteiger charge is -2.33. The second kappa shape index (κ2) is 8.57. The van der Waals surface area contributed by atoms with Crippen molar-refractivity contribution in [3.05, 3.63) is 89.5 Å². The molecule has 1 aliphatic rings. The molecule has 8 nitrogen and oxygen atoms in total. The minimum absolute atomic E-state index is 0.132. The van der Waals surface area contributed by atoms with E-state index >= 15 is 0 Å². The van der Waals surface area contributed by atoms with Crippen molar-refractivity contribution in [2.45, 2.75) is 12.5 Å². The summed E-state index contributed by atoms with van der Waals surface area (Å²) in [5.74, 6) is -0.0293.